The van der Waals surface area contributed by atoms with Crippen LogP contribution in [-0.2, 0) is 6.42 Å². The predicted molar refractivity (Wildman–Crippen MR) is 107 cm³/mol. The average Bonchev–Trinajstić information content (AvgIpc) is 3.06. The fourth-order valence-electron chi connectivity index (χ4n) is 3.61. The largest absolute Gasteiger partial charge is 0.488 e. The SMILES string of the molecule is CN=C(NCC(C)CN1CCN(C)CC1)NCC1Cc2ccccc2O1. The zero-order valence-corrected chi connectivity index (χ0v) is 16.4. The van der Waals surface area contributed by atoms with Crippen LogP contribution < -0.4 is 15.4 Å². The van der Waals surface area contributed by atoms with E-state index in [0.717, 1.165) is 37.8 Å². The number of nitrogens with zero attached hydrogens (tertiary/aromatic N) is 3. The molecule has 1 aromatic carbocycles. The Bertz CT molecular complexity index is 573. The number of likely N-dealkylation sites (N-methyl/N-ethyl adjacent to an activating group) is 1. The molecule has 2 heterocycles. The number of aliphatic imine (C=N–C) groups is 1. The first-order valence-electron chi connectivity index (χ1n) is 9.74. The zero-order chi connectivity index (χ0) is 18.4. The average molecular weight is 360 g/mol. The molecule has 0 bridgehead atoms. The van der Waals surface area contributed by atoms with E-state index in [1.165, 1.54) is 31.7 Å². The van der Waals surface area contributed by atoms with Crippen molar-refractivity contribution in [1.82, 2.24) is 20.4 Å². The number of rotatable bonds is 6. The van der Waals surface area contributed by atoms with Crippen molar-refractivity contribution in [2.75, 3.05) is 59.9 Å². The first-order valence-corrected chi connectivity index (χ1v) is 9.74. The Hall–Kier alpha value is -1.79. The predicted octanol–water partition coefficient (Wildman–Crippen LogP) is 1.04. The van der Waals surface area contributed by atoms with E-state index in [0.29, 0.717) is 5.92 Å². The minimum atomic E-state index is 0.175. The van der Waals surface area contributed by atoms with Crippen LogP contribution in [0.2, 0.25) is 0 Å². The van der Waals surface area contributed by atoms with Gasteiger partial charge in [-0.3, -0.25) is 4.99 Å². The van der Waals surface area contributed by atoms with Crippen LogP contribution in [0.3, 0.4) is 0 Å². The second kappa shape index (κ2) is 9.24. The lowest BCUT2D eigenvalue weighted by Gasteiger charge is -2.34. The standard InChI is InChI=1S/C20H33N5O/c1-16(15-25-10-8-24(3)9-11-25)13-22-20(21-2)23-14-18-12-17-6-4-5-7-19(17)26-18/h4-7,16,18H,8-15H2,1-3H3,(H2,21,22,23). The van der Waals surface area contributed by atoms with Crippen LogP contribution in [0.15, 0.2) is 29.3 Å². The highest BCUT2D eigenvalue weighted by Crippen LogP contribution is 2.27. The Morgan fingerprint density at radius 2 is 2.00 bits per heavy atom. The van der Waals surface area contributed by atoms with Crippen molar-refractivity contribution in [2.24, 2.45) is 10.9 Å². The number of ether oxygens (including phenoxy) is 1. The maximum Gasteiger partial charge on any atom is 0.191 e. The van der Waals surface area contributed by atoms with Gasteiger partial charge in [-0.1, -0.05) is 25.1 Å². The molecule has 1 saturated heterocycles. The van der Waals surface area contributed by atoms with Gasteiger partial charge in [0.2, 0.25) is 0 Å². The number of fused-ring (bicyclic) bond motifs is 1. The maximum atomic E-state index is 5.98. The van der Waals surface area contributed by atoms with Gasteiger partial charge in [-0.25, -0.2) is 0 Å². The van der Waals surface area contributed by atoms with Crippen molar-refractivity contribution >= 4 is 5.96 Å². The molecule has 0 spiro atoms. The molecule has 144 valence electrons. The fraction of sp³-hybridized carbons (Fsp3) is 0.650. The number of guanidine groups is 1. The molecular weight excluding hydrogens is 326 g/mol. The Labute approximate surface area is 157 Å². The zero-order valence-electron chi connectivity index (χ0n) is 16.4. The van der Waals surface area contributed by atoms with Gasteiger partial charge >= 0.3 is 0 Å². The van der Waals surface area contributed by atoms with Crippen molar-refractivity contribution in [1.29, 1.82) is 0 Å². The third kappa shape index (κ3) is 5.35. The molecule has 2 atom stereocenters. The molecule has 3 rings (SSSR count). The number of nitrogens with one attached hydrogen (secondary N) is 2. The van der Waals surface area contributed by atoms with Gasteiger partial charge in [-0.15, -0.1) is 0 Å². The molecule has 0 aliphatic carbocycles. The van der Waals surface area contributed by atoms with Gasteiger partial charge in [-0.05, 0) is 24.6 Å². The van der Waals surface area contributed by atoms with Gasteiger partial charge in [-0.2, -0.15) is 0 Å². The Balaban J connectivity index is 1.35. The molecule has 2 aliphatic rings. The van der Waals surface area contributed by atoms with Crippen LogP contribution in [0.4, 0.5) is 0 Å². The molecule has 0 amide bonds. The summed E-state index contributed by atoms with van der Waals surface area (Å²) < 4.78 is 5.98. The van der Waals surface area contributed by atoms with E-state index in [2.05, 4.69) is 51.5 Å². The highest BCUT2D eigenvalue weighted by Gasteiger charge is 2.22. The molecule has 26 heavy (non-hydrogen) atoms. The molecule has 1 fully saturated rings. The second-order valence-electron chi connectivity index (χ2n) is 7.59. The number of piperazine rings is 1. The van der Waals surface area contributed by atoms with Crippen LogP contribution >= 0.6 is 0 Å². The highest BCUT2D eigenvalue weighted by atomic mass is 16.5. The third-order valence-corrected chi connectivity index (χ3v) is 5.22. The van der Waals surface area contributed by atoms with Crippen LogP contribution in [0, 0.1) is 5.92 Å². The normalized spacial score (nSPS) is 22.6. The summed E-state index contributed by atoms with van der Waals surface area (Å²) in [5.74, 6) is 2.46. The summed E-state index contributed by atoms with van der Waals surface area (Å²) in [5.41, 5.74) is 1.29. The van der Waals surface area contributed by atoms with Gasteiger partial charge in [0.05, 0.1) is 6.54 Å². The molecule has 0 radical (unpaired) electrons. The van der Waals surface area contributed by atoms with Gasteiger partial charge < -0.3 is 25.2 Å². The Morgan fingerprint density at radius 1 is 1.23 bits per heavy atom. The van der Waals surface area contributed by atoms with Crippen molar-refractivity contribution in [3.05, 3.63) is 29.8 Å². The van der Waals surface area contributed by atoms with Crippen LogP contribution in [0.5, 0.6) is 5.75 Å². The lowest BCUT2D eigenvalue weighted by atomic mass is 10.1. The molecule has 2 unspecified atom stereocenters. The van der Waals surface area contributed by atoms with Crippen molar-refractivity contribution in [3.63, 3.8) is 0 Å². The van der Waals surface area contributed by atoms with E-state index >= 15 is 0 Å². The van der Waals surface area contributed by atoms with E-state index < -0.39 is 0 Å². The molecule has 0 aromatic heterocycles. The van der Waals surface area contributed by atoms with E-state index in [4.69, 9.17) is 4.74 Å². The summed E-state index contributed by atoms with van der Waals surface area (Å²) in [4.78, 5) is 9.30. The smallest absolute Gasteiger partial charge is 0.191 e. The molecule has 6 heteroatoms. The number of benzene rings is 1. The minimum Gasteiger partial charge on any atom is -0.488 e. The summed E-state index contributed by atoms with van der Waals surface area (Å²) in [7, 11) is 4.02. The molecular formula is C20H33N5O. The quantitative estimate of drug-likeness (QED) is 0.587. The van der Waals surface area contributed by atoms with Crippen LogP contribution in [0.25, 0.3) is 0 Å². The van der Waals surface area contributed by atoms with Crippen molar-refractivity contribution < 1.29 is 4.74 Å². The van der Waals surface area contributed by atoms with Crippen molar-refractivity contribution in [3.8, 4) is 5.75 Å². The van der Waals surface area contributed by atoms with Crippen LogP contribution in [-0.4, -0.2) is 81.8 Å². The maximum absolute atomic E-state index is 5.98. The monoisotopic (exact) mass is 359 g/mol. The number of hydrogen-bond acceptors (Lipinski definition) is 4. The fourth-order valence-corrected chi connectivity index (χ4v) is 3.61. The van der Waals surface area contributed by atoms with Crippen LogP contribution in [0.1, 0.15) is 12.5 Å². The van der Waals surface area contributed by atoms with E-state index in [1.54, 1.807) is 0 Å². The highest BCUT2D eigenvalue weighted by molar-refractivity contribution is 5.79. The summed E-state index contributed by atoms with van der Waals surface area (Å²) >= 11 is 0. The first-order chi connectivity index (χ1) is 12.6. The van der Waals surface area contributed by atoms with Gasteiger partial charge in [0.15, 0.2) is 5.96 Å². The second-order valence-corrected chi connectivity index (χ2v) is 7.59. The molecule has 1 aromatic rings. The summed E-state index contributed by atoms with van der Waals surface area (Å²) in [6, 6.07) is 8.28. The third-order valence-electron chi connectivity index (χ3n) is 5.22. The minimum absolute atomic E-state index is 0.175. The lowest BCUT2D eigenvalue weighted by Crippen LogP contribution is -2.48. The van der Waals surface area contributed by atoms with E-state index in [1.807, 2.05) is 19.2 Å². The summed E-state index contributed by atoms with van der Waals surface area (Å²) in [6.45, 7) is 9.83. The van der Waals surface area contributed by atoms with Crippen molar-refractivity contribution in [2.45, 2.75) is 19.4 Å². The molecule has 6 nitrogen and oxygen atoms in total. The van der Waals surface area contributed by atoms with Gasteiger partial charge in [0, 0.05) is 52.7 Å². The van der Waals surface area contributed by atoms with Gasteiger partial charge in [0.1, 0.15) is 11.9 Å². The van der Waals surface area contributed by atoms with Gasteiger partial charge in [0.25, 0.3) is 0 Å². The van der Waals surface area contributed by atoms with E-state index in [-0.39, 0.29) is 6.10 Å². The number of hydrogen-bond donors (Lipinski definition) is 2. The Morgan fingerprint density at radius 3 is 2.73 bits per heavy atom. The number of para-hydroxylation sites is 1. The Kier molecular flexibility index (Phi) is 6.74. The topological polar surface area (TPSA) is 52.1 Å². The lowest BCUT2D eigenvalue weighted by molar-refractivity contribution is 0.139. The van der Waals surface area contributed by atoms with E-state index in [9.17, 15) is 0 Å². The molecule has 2 aliphatic heterocycles. The molecule has 0 saturated carbocycles. The summed E-state index contributed by atoms with van der Waals surface area (Å²) in [5, 5.41) is 6.86. The summed E-state index contributed by atoms with van der Waals surface area (Å²) in [6.07, 6.45) is 1.13. The first kappa shape index (κ1) is 19.0. The molecule has 2 N–H and O–H groups in total.